The maximum absolute atomic E-state index is 11.5. The predicted octanol–water partition coefficient (Wildman–Crippen LogP) is 2.33. The van der Waals surface area contributed by atoms with Gasteiger partial charge in [-0.1, -0.05) is 12.1 Å². The number of nitrogens with one attached hydrogen (secondary N) is 1. The van der Waals surface area contributed by atoms with Crippen LogP contribution in [0.15, 0.2) is 29.8 Å². The Morgan fingerprint density at radius 1 is 1.25 bits per heavy atom. The molecule has 1 N–H and O–H groups in total. The van der Waals surface area contributed by atoms with Crippen LogP contribution < -0.4 is 10.2 Å². The standard InChI is InChI=1S/C16H19N3O/c1-18-16(20)14(12-17)11-13-5-7-15(8-6-13)19-9-3-2-4-10-19/h5-8,11H,2-4,9-10H2,1H3,(H,18,20)/b14-11-. The van der Waals surface area contributed by atoms with E-state index in [9.17, 15) is 4.79 Å². The summed E-state index contributed by atoms with van der Waals surface area (Å²) in [5.74, 6) is -0.354. The highest BCUT2D eigenvalue weighted by molar-refractivity contribution is 6.01. The van der Waals surface area contributed by atoms with Crippen LogP contribution in [0.1, 0.15) is 24.8 Å². The molecule has 20 heavy (non-hydrogen) atoms. The lowest BCUT2D eigenvalue weighted by Crippen LogP contribution is -2.29. The van der Waals surface area contributed by atoms with Crippen molar-refractivity contribution < 1.29 is 4.79 Å². The number of anilines is 1. The van der Waals surface area contributed by atoms with Gasteiger partial charge in [0, 0.05) is 25.8 Å². The lowest BCUT2D eigenvalue weighted by Gasteiger charge is -2.28. The Morgan fingerprint density at radius 3 is 2.45 bits per heavy atom. The Bertz CT molecular complexity index is 534. The molecular weight excluding hydrogens is 250 g/mol. The minimum atomic E-state index is -0.354. The predicted molar refractivity (Wildman–Crippen MR) is 80.2 cm³/mol. The van der Waals surface area contributed by atoms with E-state index in [4.69, 9.17) is 5.26 Å². The van der Waals surface area contributed by atoms with Crippen LogP contribution in [-0.4, -0.2) is 26.0 Å². The van der Waals surface area contributed by atoms with Crippen LogP contribution in [0.25, 0.3) is 6.08 Å². The number of amides is 1. The Kier molecular flexibility index (Phi) is 4.78. The third kappa shape index (κ3) is 3.39. The molecule has 1 aromatic carbocycles. The highest BCUT2D eigenvalue weighted by Crippen LogP contribution is 2.21. The number of likely N-dealkylation sites (N-methyl/N-ethyl adjacent to an activating group) is 1. The van der Waals surface area contributed by atoms with Crippen LogP contribution >= 0.6 is 0 Å². The summed E-state index contributed by atoms with van der Waals surface area (Å²) in [6, 6.07) is 9.92. The first kappa shape index (κ1) is 14.1. The van der Waals surface area contributed by atoms with E-state index in [0.717, 1.165) is 18.7 Å². The average Bonchev–Trinajstić information content (AvgIpc) is 2.53. The van der Waals surface area contributed by atoms with Gasteiger partial charge in [0.05, 0.1) is 0 Å². The van der Waals surface area contributed by atoms with Gasteiger partial charge in [-0.15, -0.1) is 0 Å². The summed E-state index contributed by atoms with van der Waals surface area (Å²) >= 11 is 0. The van der Waals surface area contributed by atoms with Gasteiger partial charge >= 0.3 is 0 Å². The van der Waals surface area contributed by atoms with E-state index in [0.29, 0.717) is 0 Å². The summed E-state index contributed by atoms with van der Waals surface area (Å²) in [5, 5.41) is 11.4. The van der Waals surface area contributed by atoms with Crippen molar-refractivity contribution in [3.8, 4) is 6.07 Å². The SMILES string of the molecule is CNC(=O)/C(C#N)=C\c1ccc(N2CCCCC2)cc1. The topological polar surface area (TPSA) is 56.1 Å². The molecular formula is C16H19N3O. The van der Waals surface area contributed by atoms with Gasteiger partial charge in [0.2, 0.25) is 0 Å². The Labute approximate surface area is 119 Å². The molecule has 0 saturated carbocycles. The van der Waals surface area contributed by atoms with Crippen LogP contribution in [0.4, 0.5) is 5.69 Å². The second kappa shape index (κ2) is 6.76. The lowest BCUT2D eigenvalue weighted by molar-refractivity contribution is -0.116. The molecule has 0 bridgehead atoms. The minimum Gasteiger partial charge on any atom is -0.372 e. The number of benzene rings is 1. The average molecular weight is 269 g/mol. The van der Waals surface area contributed by atoms with E-state index < -0.39 is 0 Å². The molecule has 4 heteroatoms. The molecule has 1 fully saturated rings. The lowest BCUT2D eigenvalue weighted by atomic mass is 10.1. The highest BCUT2D eigenvalue weighted by atomic mass is 16.1. The van der Waals surface area contributed by atoms with Crippen molar-refractivity contribution in [1.82, 2.24) is 5.32 Å². The molecule has 4 nitrogen and oxygen atoms in total. The van der Waals surface area contributed by atoms with Crippen LogP contribution in [0.2, 0.25) is 0 Å². The molecule has 1 aliphatic heterocycles. The van der Waals surface area contributed by atoms with E-state index in [1.165, 1.54) is 32.0 Å². The summed E-state index contributed by atoms with van der Waals surface area (Å²) in [6.07, 6.45) is 5.42. The molecule has 104 valence electrons. The minimum absolute atomic E-state index is 0.123. The monoisotopic (exact) mass is 269 g/mol. The summed E-state index contributed by atoms with van der Waals surface area (Å²) in [4.78, 5) is 13.8. The second-order valence-corrected chi connectivity index (χ2v) is 4.89. The smallest absolute Gasteiger partial charge is 0.261 e. The van der Waals surface area contributed by atoms with Gasteiger partial charge in [-0.2, -0.15) is 5.26 Å². The van der Waals surface area contributed by atoms with Crippen molar-refractivity contribution in [2.45, 2.75) is 19.3 Å². The molecule has 0 atom stereocenters. The number of hydrogen-bond acceptors (Lipinski definition) is 3. The number of hydrogen-bond donors (Lipinski definition) is 1. The normalized spacial score (nSPS) is 15.6. The van der Waals surface area contributed by atoms with Gasteiger partial charge < -0.3 is 10.2 Å². The molecule has 0 spiro atoms. The quantitative estimate of drug-likeness (QED) is 0.677. The molecule has 1 heterocycles. The fourth-order valence-electron chi connectivity index (χ4n) is 2.38. The summed E-state index contributed by atoms with van der Waals surface area (Å²) < 4.78 is 0. The van der Waals surface area contributed by atoms with Crippen LogP contribution in [0.3, 0.4) is 0 Å². The molecule has 1 aromatic rings. The molecule has 0 radical (unpaired) electrons. The van der Waals surface area contributed by atoms with E-state index >= 15 is 0 Å². The van der Waals surface area contributed by atoms with Crippen LogP contribution in [0, 0.1) is 11.3 Å². The maximum atomic E-state index is 11.5. The molecule has 0 aromatic heterocycles. The van der Waals surface area contributed by atoms with Crippen molar-refractivity contribution in [2.24, 2.45) is 0 Å². The molecule has 0 aliphatic carbocycles. The number of nitrogens with zero attached hydrogens (tertiary/aromatic N) is 2. The zero-order valence-electron chi connectivity index (χ0n) is 11.7. The number of carbonyl (C=O) groups is 1. The maximum Gasteiger partial charge on any atom is 0.261 e. The molecule has 1 aliphatic rings. The van der Waals surface area contributed by atoms with Gasteiger partial charge in [-0.25, -0.2) is 0 Å². The van der Waals surface area contributed by atoms with Crippen molar-refractivity contribution in [3.63, 3.8) is 0 Å². The number of piperidine rings is 1. The second-order valence-electron chi connectivity index (χ2n) is 4.89. The highest BCUT2D eigenvalue weighted by Gasteiger charge is 2.10. The third-order valence-electron chi connectivity index (χ3n) is 3.52. The first-order valence-corrected chi connectivity index (χ1v) is 6.93. The van der Waals surface area contributed by atoms with Gasteiger partial charge in [-0.3, -0.25) is 4.79 Å². The number of rotatable bonds is 3. The van der Waals surface area contributed by atoms with Gasteiger partial charge in [0.1, 0.15) is 11.6 Å². The Hall–Kier alpha value is -2.28. The van der Waals surface area contributed by atoms with E-state index in [1.807, 2.05) is 18.2 Å². The molecule has 0 unspecified atom stereocenters. The number of nitriles is 1. The summed E-state index contributed by atoms with van der Waals surface area (Å²) in [7, 11) is 1.52. The Morgan fingerprint density at radius 2 is 1.90 bits per heavy atom. The van der Waals surface area contributed by atoms with Crippen LogP contribution in [0.5, 0.6) is 0 Å². The Balaban J connectivity index is 2.13. The third-order valence-corrected chi connectivity index (χ3v) is 3.52. The molecule has 2 rings (SSSR count). The van der Waals surface area contributed by atoms with Crippen molar-refractivity contribution in [2.75, 3.05) is 25.0 Å². The number of carbonyl (C=O) groups excluding carboxylic acids is 1. The zero-order chi connectivity index (χ0) is 14.4. The fraction of sp³-hybridized carbons (Fsp3) is 0.375. The molecule has 1 amide bonds. The summed E-state index contributed by atoms with van der Waals surface area (Å²) in [6.45, 7) is 2.22. The van der Waals surface area contributed by atoms with Crippen molar-refractivity contribution in [3.05, 3.63) is 35.4 Å². The van der Waals surface area contributed by atoms with E-state index in [1.54, 1.807) is 6.08 Å². The van der Waals surface area contributed by atoms with Crippen molar-refractivity contribution >= 4 is 17.7 Å². The van der Waals surface area contributed by atoms with Crippen molar-refractivity contribution in [1.29, 1.82) is 5.26 Å². The van der Waals surface area contributed by atoms with E-state index in [2.05, 4.69) is 22.3 Å². The zero-order valence-corrected chi connectivity index (χ0v) is 11.7. The fourth-order valence-corrected chi connectivity index (χ4v) is 2.38. The first-order valence-electron chi connectivity index (χ1n) is 6.93. The molecule has 1 saturated heterocycles. The van der Waals surface area contributed by atoms with Crippen LogP contribution in [-0.2, 0) is 4.79 Å². The van der Waals surface area contributed by atoms with Gasteiger partial charge in [0.25, 0.3) is 5.91 Å². The largest absolute Gasteiger partial charge is 0.372 e. The van der Waals surface area contributed by atoms with E-state index in [-0.39, 0.29) is 11.5 Å². The van der Waals surface area contributed by atoms with Gasteiger partial charge in [-0.05, 0) is 43.0 Å². The van der Waals surface area contributed by atoms with Gasteiger partial charge in [0.15, 0.2) is 0 Å². The first-order chi connectivity index (χ1) is 9.74. The summed E-state index contributed by atoms with van der Waals surface area (Å²) in [5.41, 5.74) is 2.20.